The number of nitrogen functional groups attached to an aromatic ring is 1. The first-order valence-corrected chi connectivity index (χ1v) is 8.33. The molecule has 112 valence electrons. The lowest BCUT2D eigenvalue weighted by Crippen LogP contribution is -2.15. The van der Waals surface area contributed by atoms with Gasteiger partial charge in [-0.2, -0.15) is 0 Å². The average molecular weight is 371 g/mol. The summed E-state index contributed by atoms with van der Waals surface area (Å²) >= 11 is 3.30. The Morgan fingerprint density at radius 3 is 2.52 bits per heavy atom. The lowest BCUT2D eigenvalue weighted by atomic mass is 10.2. The zero-order valence-corrected chi connectivity index (χ0v) is 14.0. The number of anilines is 2. The minimum Gasteiger partial charge on any atom is -0.497 e. The van der Waals surface area contributed by atoms with Crippen molar-refractivity contribution in [2.24, 2.45) is 0 Å². The van der Waals surface area contributed by atoms with Crippen LogP contribution >= 0.6 is 15.9 Å². The number of methoxy groups -OCH3 is 1. The van der Waals surface area contributed by atoms with Gasteiger partial charge in [0.05, 0.1) is 18.5 Å². The van der Waals surface area contributed by atoms with Crippen LogP contribution in [0.4, 0.5) is 11.4 Å². The number of rotatable bonds is 4. The molecule has 0 unspecified atom stereocenters. The fourth-order valence-corrected chi connectivity index (χ4v) is 3.49. The molecule has 0 aliphatic heterocycles. The van der Waals surface area contributed by atoms with E-state index in [1.165, 1.54) is 13.2 Å². The maximum Gasteiger partial charge on any atom is 0.263 e. The molecule has 3 N–H and O–H groups in total. The van der Waals surface area contributed by atoms with Crippen LogP contribution in [0.2, 0.25) is 0 Å². The Bertz CT molecular complexity index is 776. The van der Waals surface area contributed by atoms with Crippen LogP contribution < -0.4 is 15.2 Å². The van der Waals surface area contributed by atoms with Crippen LogP contribution in [0.15, 0.2) is 45.8 Å². The molecule has 5 nitrogen and oxygen atoms in total. The fraction of sp³-hybridized carbons (Fsp3) is 0.143. The number of hydrogen-bond donors (Lipinski definition) is 2. The smallest absolute Gasteiger partial charge is 0.263 e. The number of benzene rings is 2. The second-order valence-corrected chi connectivity index (χ2v) is 7.09. The second kappa shape index (κ2) is 5.95. The summed E-state index contributed by atoms with van der Waals surface area (Å²) in [5, 5.41) is 0. The molecule has 0 amide bonds. The molecule has 0 aromatic heterocycles. The summed E-state index contributed by atoms with van der Waals surface area (Å²) in [5.41, 5.74) is 7.30. The van der Waals surface area contributed by atoms with Crippen LogP contribution in [0, 0.1) is 6.92 Å². The average Bonchev–Trinajstić information content (AvgIpc) is 2.36. The summed E-state index contributed by atoms with van der Waals surface area (Å²) < 4.78 is 33.1. The number of ether oxygens (including phenoxy) is 1. The van der Waals surface area contributed by atoms with Crippen molar-refractivity contribution in [3.8, 4) is 5.75 Å². The monoisotopic (exact) mass is 370 g/mol. The van der Waals surface area contributed by atoms with Crippen molar-refractivity contribution >= 4 is 37.3 Å². The number of nitrogens with one attached hydrogen (secondary N) is 1. The Hall–Kier alpha value is -1.73. The molecule has 2 rings (SSSR count). The largest absolute Gasteiger partial charge is 0.497 e. The Morgan fingerprint density at radius 1 is 1.19 bits per heavy atom. The molecule has 0 atom stereocenters. The van der Waals surface area contributed by atoms with Crippen LogP contribution in [0.5, 0.6) is 5.75 Å². The van der Waals surface area contributed by atoms with E-state index in [-0.39, 0.29) is 10.6 Å². The van der Waals surface area contributed by atoms with Crippen molar-refractivity contribution in [3.63, 3.8) is 0 Å². The lowest BCUT2D eigenvalue weighted by Gasteiger charge is -2.12. The molecule has 0 radical (unpaired) electrons. The molecule has 0 bridgehead atoms. The van der Waals surface area contributed by atoms with E-state index in [1.807, 2.05) is 6.92 Å². The zero-order chi connectivity index (χ0) is 15.6. The highest BCUT2D eigenvalue weighted by Crippen LogP contribution is 2.27. The second-order valence-electron chi connectivity index (χ2n) is 4.53. The number of aryl methyl sites for hydroxylation is 1. The van der Waals surface area contributed by atoms with Crippen molar-refractivity contribution in [3.05, 3.63) is 46.4 Å². The molecule has 0 saturated carbocycles. The van der Waals surface area contributed by atoms with E-state index in [0.29, 0.717) is 15.9 Å². The molecule has 0 saturated heterocycles. The molecular weight excluding hydrogens is 356 g/mol. The fourth-order valence-electron chi connectivity index (χ4n) is 1.86. The molecule has 0 fully saturated rings. The van der Waals surface area contributed by atoms with Gasteiger partial charge >= 0.3 is 0 Å². The van der Waals surface area contributed by atoms with Crippen LogP contribution in [0.25, 0.3) is 0 Å². The van der Waals surface area contributed by atoms with Crippen LogP contribution in [-0.4, -0.2) is 15.5 Å². The van der Waals surface area contributed by atoms with Gasteiger partial charge in [0.1, 0.15) is 10.6 Å². The van der Waals surface area contributed by atoms with Crippen molar-refractivity contribution in [2.75, 3.05) is 17.6 Å². The predicted octanol–water partition coefficient (Wildman–Crippen LogP) is 3.15. The van der Waals surface area contributed by atoms with Gasteiger partial charge < -0.3 is 10.5 Å². The molecule has 2 aromatic carbocycles. The first-order chi connectivity index (χ1) is 9.81. The first kappa shape index (κ1) is 15.7. The summed E-state index contributed by atoms with van der Waals surface area (Å²) in [6, 6.07) is 9.78. The molecule has 7 heteroatoms. The Balaban J connectivity index is 2.39. The van der Waals surface area contributed by atoms with E-state index < -0.39 is 10.0 Å². The minimum atomic E-state index is -3.75. The van der Waals surface area contributed by atoms with Crippen LogP contribution in [0.1, 0.15) is 5.56 Å². The van der Waals surface area contributed by atoms with Crippen molar-refractivity contribution in [1.29, 1.82) is 0 Å². The minimum absolute atomic E-state index is 0.0482. The molecule has 0 aliphatic carbocycles. The molecule has 21 heavy (non-hydrogen) atoms. The van der Waals surface area contributed by atoms with E-state index in [2.05, 4.69) is 20.7 Å². The van der Waals surface area contributed by atoms with Crippen LogP contribution in [0.3, 0.4) is 0 Å². The van der Waals surface area contributed by atoms with Gasteiger partial charge in [0.2, 0.25) is 0 Å². The van der Waals surface area contributed by atoms with Crippen LogP contribution in [-0.2, 0) is 10.0 Å². The van der Waals surface area contributed by atoms with E-state index in [1.54, 1.807) is 30.3 Å². The normalized spacial score (nSPS) is 11.2. The molecular formula is C14H15BrN2O3S. The third-order valence-electron chi connectivity index (χ3n) is 2.81. The van der Waals surface area contributed by atoms with E-state index in [9.17, 15) is 8.42 Å². The summed E-state index contributed by atoms with van der Waals surface area (Å²) in [4.78, 5) is 0.0482. The van der Waals surface area contributed by atoms with Crippen molar-refractivity contribution in [1.82, 2.24) is 0 Å². The highest BCUT2D eigenvalue weighted by Gasteiger charge is 2.18. The first-order valence-electron chi connectivity index (χ1n) is 6.05. The summed E-state index contributed by atoms with van der Waals surface area (Å²) in [7, 11) is -2.24. The molecule has 2 aromatic rings. The van der Waals surface area contributed by atoms with Gasteiger partial charge in [0, 0.05) is 10.5 Å². The van der Waals surface area contributed by atoms with Gasteiger partial charge in [0.25, 0.3) is 10.0 Å². The topological polar surface area (TPSA) is 81.4 Å². The predicted molar refractivity (Wildman–Crippen MR) is 87.1 cm³/mol. The van der Waals surface area contributed by atoms with E-state index in [4.69, 9.17) is 10.5 Å². The van der Waals surface area contributed by atoms with Gasteiger partial charge in [-0.15, -0.1) is 0 Å². The van der Waals surface area contributed by atoms with Crippen molar-refractivity contribution in [2.45, 2.75) is 11.8 Å². The van der Waals surface area contributed by atoms with E-state index >= 15 is 0 Å². The van der Waals surface area contributed by atoms with Gasteiger partial charge in [-0.05, 0) is 36.8 Å². The Morgan fingerprint density at radius 2 is 1.90 bits per heavy atom. The Kier molecular flexibility index (Phi) is 4.43. The maximum atomic E-state index is 12.4. The number of nitrogens with two attached hydrogens (primary N) is 1. The number of hydrogen-bond acceptors (Lipinski definition) is 4. The van der Waals surface area contributed by atoms with Gasteiger partial charge in [0.15, 0.2) is 0 Å². The van der Waals surface area contributed by atoms with Gasteiger partial charge in [-0.3, -0.25) is 4.72 Å². The standard InChI is InChI=1S/C14H15BrN2O3S/c1-9-3-4-14(13(16)5-9)21(18,19)17-11-6-10(15)7-12(8-11)20-2/h3-8,17H,16H2,1-2H3. The SMILES string of the molecule is COc1cc(Br)cc(NS(=O)(=O)c2ccc(C)cc2N)c1. The molecule has 0 aliphatic rings. The highest BCUT2D eigenvalue weighted by atomic mass is 79.9. The van der Waals surface area contributed by atoms with Gasteiger partial charge in [-0.1, -0.05) is 22.0 Å². The summed E-state index contributed by atoms with van der Waals surface area (Å²) in [6.07, 6.45) is 0. The highest BCUT2D eigenvalue weighted by molar-refractivity contribution is 9.10. The summed E-state index contributed by atoms with van der Waals surface area (Å²) in [6.45, 7) is 1.85. The number of halogens is 1. The molecule has 0 heterocycles. The zero-order valence-electron chi connectivity index (χ0n) is 11.6. The molecule has 0 spiro atoms. The quantitative estimate of drug-likeness (QED) is 0.809. The third kappa shape index (κ3) is 3.68. The Labute approximate surface area is 132 Å². The third-order valence-corrected chi connectivity index (χ3v) is 4.73. The van der Waals surface area contributed by atoms with Gasteiger partial charge in [-0.25, -0.2) is 8.42 Å². The summed E-state index contributed by atoms with van der Waals surface area (Å²) in [5.74, 6) is 0.541. The lowest BCUT2D eigenvalue weighted by molar-refractivity contribution is 0.415. The number of sulfonamides is 1. The van der Waals surface area contributed by atoms with Crippen molar-refractivity contribution < 1.29 is 13.2 Å². The maximum absolute atomic E-state index is 12.4. The van der Waals surface area contributed by atoms with E-state index in [0.717, 1.165) is 5.56 Å².